The van der Waals surface area contributed by atoms with Crippen LogP contribution in [-0.4, -0.2) is 35.7 Å². The predicted molar refractivity (Wildman–Crippen MR) is 129 cm³/mol. The van der Waals surface area contributed by atoms with Crippen molar-refractivity contribution in [3.05, 3.63) is 86.3 Å². The Kier molecular flexibility index (Phi) is 6.70. The van der Waals surface area contributed by atoms with Crippen molar-refractivity contribution in [1.82, 2.24) is 14.3 Å². The molecule has 172 valence electrons. The molecular weight excluding hydrogens is 508 g/mol. The lowest BCUT2D eigenvalue weighted by Gasteiger charge is -2.21. The van der Waals surface area contributed by atoms with Crippen LogP contribution >= 0.6 is 35.1 Å². The number of carbonyl (C=O) groups is 2. The largest absolute Gasteiger partial charge is 0.480 e. The van der Waals surface area contributed by atoms with Crippen LogP contribution in [0, 0.1) is 0 Å². The van der Waals surface area contributed by atoms with E-state index >= 15 is 0 Å². The highest BCUT2D eigenvalue weighted by Crippen LogP contribution is 2.34. The van der Waals surface area contributed by atoms with E-state index in [-0.39, 0.29) is 27.6 Å². The van der Waals surface area contributed by atoms with E-state index in [1.165, 1.54) is 47.7 Å². The maximum atomic E-state index is 13.1. The second-order valence-corrected chi connectivity index (χ2v) is 10.6. The van der Waals surface area contributed by atoms with Gasteiger partial charge in [-0.1, -0.05) is 11.6 Å². The Balaban J connectivity index is 1.59. The molecule has 0 saturated heterocycles. The first kappa shape index (κ1) is 23.2. The number of allylic oxidation sites excluding steroid dienone is 2. The summed E-state index contributed by atoms with van der Waals surface area (Å²) in [5, 5.41) is 15.8. The first-order chi connectivity index (χ1) is 15.7. The summed E-state index contributed by atoms with van der Waals surface area (Å²) in [5.74, 6) is -1.95. The van der Waals surface area contributed by atoms with Crippen LogP contribution in [0.15, 0.2) is 70.2 Å². The number of sulfonamides is 1. The van der Waals surface area contributed by atoms with Crippen LogP contribution in [0.25, 0.3) is 0 Å². The van der Waals surface area contributed by atoms with Gasteiger partial charge >= 0.3 is 5.97 Å². The summed E-state index contributed by atoms with van der Waals surface area (Å²) in [6.07, 6.45) is 6.36. The molecule has 0 spiro atoms. The number of thiophene rings is 1. The molecule has 4 rings (SSSR count). The molecule has 1 aromatic carbocycles. The number of hydrogen-bond donors (Lipinski definition) is 4. The number of rotatable bonds is 8. The Labute approximate surface area is 203 Å². The van der Waals surface area contributed by atoms with Gasteiger partial charge < -0.3 is 15.1 Å². The monoisotopic (exact) mass is 524 g/mol. The summed E-state index contributed by atoms with van der Waals surface area (Å²) in [6, 6.07) is 4.64. The van der Waals surface area contributed by atoms with Crippen LogP contribution < -0.4 is 14.8 Å². The summed E-state index contributed by atoms with van der Waals surface area (Å²) in [4.78, 5) is 24.6. The van der Waals surface area contributed by atoms with Crippen molar-refractivity contribution in [2.24, 2.45) is 0 Å². The highest BCUT2D eigenvalue weighted by Gasteiger charge is 2.31. The van der Waals surface area contributed by atoms with Crippen molar-refractivity contribution in [3.8, 4) is 0 Å². The summed E-state index contributed by atoms with van der Waals surface area (Å²) in [6.45, 7) is 0. The van der Waals surface area contributed by atoms with Crippen molar-refractivity contribution in [3.63, 3.8) is 0 Å². The number of carbonyl (C=O) groups excluding carboxylic acids is 1. The number of nitrogens with one attached hydrogen (secondary N) is 3. The van der Waals surface area contributed by atoms with Gasteiger partial charge in [-0.25, -0.2) is 13.2 Å². The molecule has 0 fully saturated rings. The number of carboxylic acid groups (broad SMARTS) is 1. The van der Waals surface area contributed by atoms with Gasteiger partial charge in [0, 0.05) is 23.8 Å². The zero-order valence-corrected chi connectivity index (χ0v) is 19.9. The lowest BCUT2D eigenvalue weighted by atomic mass is 10.1. The van der Waals surface area contributed by atoms with Crippen molar-refractivity contribution in [1.29, 1.82) is 0 Å². The molecule has 0 bridgehead atoms. The highest BCUT2D eigenvalue weighted by atomic mass is 35.5. The third-order valence-corrected chi connectivity index (χ3v) is 7.81. The number of amides is 1. The van der Waals surface area contributed by atoms with Gasteiger partial charge in [-0.15, -0.1) is 0 Å². The minimum absolute atomic E-state index is 0.00490. The number of nitrogens with zero attached hydrogens (tertiary/aromatic N) is 1. The van der Waals surface area contributed by atoms with Crippen molar-refractivity contribution in [2.45, 2.75) is 12.5 Å². The van der Waals surface area contributed by atoms with E-state index in [0.717, 1.165) is 5.56 Å². The molecular formula is C20H17ClN4O5S3. The van der Waals surface area contributed by atoms with Gasteiger partial charge in [-0.2, -0.15) is 11.3 Å². The predicted octanol–water partition coefficient (Wildman–Crippen LogP) is 3.29. The minimum Gasteiger partial charge on any atom is -0.480 e. The van der Waals surface area contributed by atoms with E-state index in [0.29, 0.717) is 5.70 Å². The van der Waals surface area contributed by atoms with Gasteiger partial charge in [-0.05, 0) is 52.7 Å². The molecule has 2 aromatic rings. The number of fused-ring (bicyclic) bond motifs is 1. The van der Waals surface area contributed by atoms with Crippen LogP contribution in [0.2, 0.25) is 5.02 Å². The molecule has 9 nitrogen and oxygen atoms in total. The van der Waals surface area contributed by atoms with Crippen LogP contribution in [-0.2, 0) is 21.2 Å². The maximum absolute atomic E-state index is 13.1. The zero-order chi connectivity index (χ0) is 23.6. The van der Waals surface area contributed by atoms with Crippen LogP contribution in [0.1, 0.15) is 15.9 Å². The average molecular weight is 525 g/mol. The number of halogens is 1. The molecule has 0 unspecified atom stereocenters. The Hall–Kier alpha value is -2.93. The van der Waals surface area contributed by atoms with Crippen molar-refractivity contribution < 1.29 is 23.1 Å². The van der Waals surface area contributed by atoms with Crippen molar-refractivity contribution >= 4 is 62.7 Å². The van der Waals surface area contributed by atoms with E-state index in [1.807, 2.05) is 5.38 Å². The molecule has 4 N–H and O–H groups in total. The fourth-order valence-corrected chi connectivity index (χ4v) is 5.97. The molecule has 1 aromatic heterocycles. The standard InChI is InChI=1S/C20H17ClN4O5S3/c21-13-3-4-14(19(26)23-16(20(27)28)8-12-5-7-31-11-12)15(9-13)24-33(29,30)18-2-1-6-25-17(18)10-22-32-25/h1-7,9-11,16,22,24H,8H2,(H,23,26)(H,27,28)/t16-/m0/s1. The summed E-state index contributed by atoms with van der Waals surface area (Å²) < 4.78 is 33.2. The van der Waals surface area contributed by atoms with Crippen LogP contribution in [0.4, 0.5) is 5.69 Å². The minimum atomic E-state index is -4.11. The van der Waals surface area contributed by atoms with E-state index in [4.69, 9.17) is 11.6 Å². The average Bonchev–Trinajstić information content (AvgIpc) is 3.44. The van der Waals surface area contributed by atoms with Gasteiger partial charge in [0.05, 0.1) is 29.1 Å². The fourth-order valence-electron chi connectivity index (χ4n) is 3.14. The highest BCUT2D eigenvalue weighted by molar-refractivity contribution is 7.97. The van der Waals surface area contributed by atoms with E-state index < -0.39 is 27.9 Å². The smallest absolute Gasteiger partial charge is 0.326 e. The molecule has 1 amide bonds. The number of aliphatic carboxylic acids is 1. The van der Waals surface area contributed by atoms with E-state index in [9.17, 15) is 23.1 Å². The van der Waals surface area contributed by atoms with Gasteiger partial charge in [-0.3, -0.25) is 13.8 Å². The van der Waals surface area contributed by atoms with Gasteiger partial charge in [0.15, 0.2) is 0 Å². The first-order valence-electron chi connectivity index (χ1n) is 9.42. The Morgan fingerprint density at radius 2 is 2.09 bits per heavy atom. The Bertz CT molecular complexity index is 1290. The maximum Gasteiger partial charge on any atom is 0.326 e. The molecule has 13 heteroatoms. The van der Waals surface area contributed by atoms with E-state index in [2.05, 4.69) is 14.8 Å². The second-order valence-electron chi connectivity index (χ2n) is 6.93. The van der Waals surface area contributed by atoms with Crippen LogP contribution in [0.5, 0.6) is 0 Å². The van der Waals surface area contributed by atoms with Gasteiger partial charge in [0.2, 0.25) is 0 Å². The second kappa shape index (κ2) is 9.51. The first-order valence-corrected chi connectivity index (χ1v) is 13.0. The third kappa shape index (κ3) is 5.19. The van der Waals surface area contributed by atoms with Gasteiger partial charge in [0.1, 0.15) is 10.9 Å². The number of hydrogen-bond acceptors (Lipinski definition) is 8. The molecule has 0 radical (unpaired) electrons. The number of benzene rings is 1. The van der Waals surface area contributed by atoms with Crippen molar-refractivity contribution in [2.75, 3.05) is 4.72 Å². The third-order valence-electron chi connectivity index (χ3n) is 4.69. The molecule has 2 aliphatic heterocycles. The summed E-state index contributed by atoms with van der Waals surface area (Å²) in [7, 11) is -4.11. The lowest BCUT2D eigenvalue weighted by Crippen LogP contribution is -2.42. The molecule has 0 saturated carbocycles. The normalized spacial score (nSPS) is 15.7. The SMILES string of the molecule is O=C(N[C@@H](Cc1ccsc1)C(=O)O)c1ccc(Cl)cc1NS(=O)(=O)C1=CC=CN2SNC=C12. The summed E-state index contributed by atoms with van der Waals surface area (Å²) >= 11 is 8.68. The van der Waals surface area contributed by atoms with Crippen LogP contribution in [0.3, 0.4) is 0 Å². The lowest BCUT2D eigenvalue weighted by molar-refractivity contribution is -0.139. The quantitative estimate of drug-likeness (QED) is 0.387. The fraction of sp³-hybridized carbons (Fsp3) is 0.100. The zero-order valence-electron chi connectivity index (χ0n) is 16.7. The van der Waals surface area contributed by atoms with Gasteiger partial charge in [0.25, 0.3) is 15.9 Å². The molecule has 3 heterocycles. The number of carboxylic acids is 1. The topological polar surface area (TPSA) is 128 Å². The number of anilines is 1. The Morgan fingerprint density at radius 1 is 1.27 bits per heavy atom. The molecule has 1 atom stereocenters. The van der Waals surface area contributed by atoms with E-state index in [1.54, 1.807) is 34.2 Å². The molecule has 33 heavy (non-hydrogen) atoms. The Morgan fingerprint density at radius 3 is 2.82 bits per heavy atom. The molecule has 2 aliphatic rings. The summed E-state index contributed by atoms with van der Waals surface area (Å²) in [5.41, 5.74) is 1.06. The molecule has 0 aliphatic carbocycles.